The van der Waals surface area contributed by atoms with E-state index >= 15 is 0 Å². The minimum Gasteiger partial charge on any atom is -1.00 e. The summed E-state index contributed by atoms with van der Waals surface area (Å²) in [5, 5.41) is 0. The fourth-order valence-electron chi connectivity index (χ4n) is 2.21. The molecule has 0 nitrogen and oxygen atoms in total. The van der Waals surface area contributed by atoms with E-state index in [9.17, 15) is 0 Å². The first kappa shape index (κ1) is 20.9. The maximum Gasteiger partial charge on any atom is -1.00 e. The second-order valence-corrected chi connectivity index (χ2v) is 8.67. The van der Waals surface area contributed by atoms with Crippen molar-refractivity contribution in [1.29, 1.82) is 0 Å². The zero-order valence-corrected chi connectivity index (χ0v) is 16.7. The van der Waals surface area contributed by atoms with Crippen molar-refractivity contribution in [2.24, 2.45) is 0 Å². The van der Waals surface area contributed by atoms with Gasteiger partial charge in [0.15, 0.2) is 0 Å². The van der Waals surface area contributed by atoms with Crippen LogP contribution < -0.4 is 24.8 Å². The first-order valence-electron chi connectivity index (χ1n) is 7.23. The molecule has 2 rings (SSSR count). The van der Waals surface area contributed by atoms with Gasteiger partial charge in [-0.2, -0.15) is 0 Å². The molecule has 0 aromatic carbocycles. The summed E-state index contributed by atoms with van der Waals surface area (Å²) in [6.45, 7) is 4.38. The van der Waals surface area contributed by atoms with Crippen molar-refractivity contribution in [3.05, 3.63) is 66.3 Å². The van der Waals surface area contributed by atoms with Crippen molar-refractivity contribution in [3.63, 3.8) is 0 Å². The second-order valence-electron chi connectivity index (χ2n) is 4.90. The van der Waals surface area contributed by atoms with E-state index in [0.717, 1.165) is 12.8 Å². The summed E-state index contributed by atoms with van der Waals surface area (Å²) in [5.74, 6) is 0. The van der Waals surface area contributed by atoms with Gasteiger partial charge in [0.25, 0.3) is 0 Å². The Morgan fingerprint density at radius 2 is 1.29 bits per heavy atom. The van der Waals surface area contributed by atoms with E-state index in [2.05, 4.69) is 62.5 Å². The molecule has 0 atom stereocenters. The predicted octanol–water partition coefficient (Wildman–Crippen LogP) is -0.563. The average molecular weight is 401 g/mol. The van der Waals surface area contributed by atoms with E-state index in [1.54, 1.807) is 6.56 Å². The van der Waals surface area contributed by atoms with Gasteiger partial charge in [-0.3, -0.25) is 0 Å². The van der Waals surface area contributed by atoms with E-state index in [-0.39, 0.29) is 24.8 Å². The molecule has 0 spiro atoms. The smallest absolute Gasteiger partial charge is 1.00 e. The van der Waals surface area contributed by atoms with Gasteiger partial charge >= 0.3 is 129 Å². The zero-order chi connectivity index (χ0) is 13.5. The van der Waals surface area contributed by atoms with Crippen LogP contribution in [0.4, 0.5) is 0 Å². The molecule has 2 aliphatic rings. The summed E-state index contributed by atoms with van der Waals surface area (Å²) in [6, 6.07) is 0. The van der Waals surface area contributed by atoms with Gasteiger partial charge in [-0.05, 0) is 0 Å². The van der Waals surface area contributed by atoms with Gasteiger partial charge in [-0.25, -0.2) is 0 Å². The Labute approximate surface area is 153 Å². The average Bonchev–Trinajstić information content (AvgIpc) is 3.04. The molecule has 0 heterocycles. The van der Waals surface area contributed by atoms with Crippen molar-refractivity contribution in [2.75, 3.05) is 0 Å². The third kappa shape index (κ3) is 7.13. The van der Waals surface area contributed by atoms with E-state index in [0.29, 0.717) is 0 Å². The van der Waals surface area contributed by atoms with Crippen LogP contribution in [0.15, 0.2) is 66.3 Å². The van der Waals surface area contributed by atoms with Gasteiger partial charge in [0.2, 0.25) is 0 Å². The standard InChI is InChI=1S/2C9H11.2ClH.Zr/c2*1-2-3-6-9-7-4-5-8-9;;;/h2*3,6-8H,2,4H2,1H3;2*1H;/q;;;;+2/p-2/b2*6-3+;;;. The normalized spacial score (nSPS) is 16.9. The van der Waals surface area contributed by atoms with E-state index in [4.69, 9.17) is 0 Å². The molecule has 0 amide bonds. The van der Waals surface area contributed by atoms with Gasteiger partial charge < -0.3 is 24.8 Å². The molecule has 3 heteroatoms. The number of hydrogen-bond donors (Lipinski definition) is 0. The van der Waals surface area contributed by atoms with E-state index < -0.39 is 23.2 Å². The Bertz CT molecular complexity index is 459. The molecule has 0 aliphatic heterocycles. The first-order chi connectivity index (χ1) is 9.31. The summed E-state index contributed by atoms with van der Waals surface area (Å²) in [4.78, 5) is 0. The molecule has 112 valence electrons. The van der Waals surface area contributed by atoms with Gasteiger partial charge in [0.1, 0.15) is 0 Å². The van der Waals surface area contributed by atoms with Crippen LogP contribution in [0.5, 0.6) is 0 Å². The number of allylic oxidation sites excluding steroid dienone is 12. The predicted molar refractivity (Wildman–Crippen MR) is 80.4 cm³/mol. The SMILES string of the molecule is CC/C=C/C1=CC[C]([Zr+2][C]2=CC(/C=C/CC)=CC2)=C1.[Cl-].[Cl-]. The van der Waals surface area contributed by atoms with Crippen molar-refractivity contribution in [1.82, 2.24) is 0 Å². The Morgan fingerprint density at radius 1 is 0.857 bits per heavy atom. The van der Waals surface area contributed by atoms with E-state index in [1.807, 2.05) is 0 Å². The quantitative estimate of drug-likeness (QED) is 0.561. The van der Waals surface area contributed by atoms with Crippen molar-refractivity contribution in [3.8, 4) is 0 Å². The number of rotatable bonds is 6. The molecular weight excluding hydrogens is 378 g/mol. The molecule has 0 saturated heterocycles. The molecule has 0 saturated carbocycles. The summed E-state index contributed by atoms with van der Waals surface area (Å²) < 4.78 is 3.44. The fraction of sp³-hybridized carbons (Fsp3) is 0.333. The molecular formula is C18H22Cl2Zr. The number of halogens is 2. The zero-order valence-electron chi connectivity index (χ0n) is 12.7. The molecule has 2 aliphatic carbocycles. The number of hydrogen-bond acceptors (Lipinski definition) is 0. The Kier molecular flexibility index (Phi) is 11.4. The topological polar surface area (TPSA) is 0 Å². The van der Waals surface area contributed by atoms with Gasteiger partial charge in [-0.1, -0.05) is 0 Å². The van der Waals surface area contributed by atoms with E-state index in [1.165, 1.54) is 24.0 Å². The Hall–Kier alpha value is -0.0969. The Balaban J connectivity index is 0.00000200. The van der Waals surface area contributed by atoms with Crippen molar-refractivity contribution in [2.45, 2.75) is 39.5 Å². The minimum atomic E-state index is -0.495. The molecule has 0 unspecified atom stereocenters. The summed E-state index contributed by atoms with van der Waals surface area (Å²) in [7, 11) is 0. The van der Waals surface area contributed by atoms with Gasteiger partial charge in [0, 0.05) is 0 Å². The van der Waals surface area contributed by atoms with Crippen LogP contribution >= 0.6 is 0 Å². The van der Waals surface area contributed by atoms with Crippen molar-refractivity contribution >= 4 is 0 Å². The minimum absolute atomic E-state index is 0. The summed E-state index contributed by atoms with van der Waals surface area (Å²) >= 11 is -0.495. The molecule has 0 radical (unpaired) electrons. The molecule has 0 fully saturated rings. The summed E-state index contributed by atoms with van der Waals surface area (Å²) in [5.41, 5.74) is 2.85. The third-order valence-electron chi connectivity index (χ3n) is 3.21. The molecule has 0 aromatic rings. The molecule has 21 heavy (non-hydrogen) atoms. The van der Waals surface area contributed by atoms with Crippen molar-refractivity contribution < 1.29 is 48.0 Å². The monoisotopic (exact) mass is 398 g/mol. The molecule has 0 N–H and O–H groups in total. The van der Waals surface area contributed by atoms with Crippen LogP contribution in [0.25, 0.3) is 0 Å². The molecule has 0 bridgehead atoms. The first-order valence-corrected chi connectivity index (χ1v) is 9.69. The maximum absolute atomic E-state index is 2.43. The Morgan fingerprint density at radius 3 is 1.67 bits per heavy atom. The maximum atomic E-state index is 2.43. The summed E-state index contributed by atoms with van der Waals surface area (Å²) in [6.07, 6.45) is 23.3. The fourth-order valence-corrected chi connectivity index (χ4v) is 5.41. The second kappa shape index (κ2) is 11.5. The third-order valence-corrected chi connectivity index (χ3v) is 6.50. The van der Waals surface area contributed by atoms with Crippen LogP contribution in [0.1, 0.15) is 39.5 Å². The van der Waals surface area contributed by atoms with Crippen LogP contribution in [0.3, 0.4) is 0 Å². The van der Waals surface area contributed by atoms with Crippen LogP contribution in [-0.4, -0.2) is 0 Å². The van der Waals surface area contributed by atoms with Crippen LogP contribution in [-0.2, 0) is 23.2 Å². The van der Waals surface area contributed by atoms with Gasteiger partial charge in [-0.15, -0.1) is 0 Å². The molecule has 0 aromatic heterocycles. The van der Waals surface area contributed by atoms with Gasteiger partial charge in [0.05, 0.1) is 0 Å². The van der Waals surface area contributed by atoms with Crippen LogP contribution in [0.2, 0.25) is 0 Å². The van der Waals surface area contributed by atoms with Crippen LogP contribution in [0, 0.1) is 0 Å². The largest absolute Gasteiger partial charge is 1.00 e.